The van der Waals surface area contributed by atoms with E-state index < -0.39 is 0 Å². The Hall–Kier alpha value is -1.32. The Labute approximate surface area is 183 Å². The van der Waals surface area contributed by atoms with E-state index in [4.69, 9.17) is 24.2 Å². The van der Waals surface area contributed by atoms with Crippen LogP contribution < -0.4 is 4.90 Å². The highest BCUT2D eigenvalue weighted by atomic mass is 32.1. The van der Waals surface area contributed by atoms with E-state index in [1.165, 1.54) is 22.2 Å². The summed E-state index contributed by atoms with van der Waals surface area (Å²) in [5, 5.41) is 1.26. The van der Waals surface area contributed by atoms with Crippen molar-refractivity contribution in [1.29, 1.82) is 0 Å². The summed E-state index contributed by atoms with van der Waals surface area (Å²) in [5.41, 5.74) is 1.47. The van der Waals surface area contributed by atoms with Gasteiger partial charge in [0.05, 0.1) is 38.4 Å². The fourth-order valence-electron chi connectivity index (χ4n) is 4.35. The second kappa shape index (κ2) is 10.3. The number of anilines is 1. The van der Waals surface area contributed by atoms with Crippen molar-refractivity contribution in [3.63, 3.8) is 0 Å². The number of ether oxygens (including phenoxy) is 3. The first kappa shape index (κ1) is 21.9. The molecule has 0 amide bonds. The molecule has 2 aromatic rings. The summed E-state index contributed by atoms with van der Waals surface area (Å²) in [6.07, 6.45) is 3.52. The minimum Gasteiger partial charge on any atom is -0.383 e. The molecular formula is C22H34N4O3S. The Kier molecular flexibility index (Phi) is 7.54. The minimum atomic E-state index is 0.664. The van der Waals surface area contributed by atoms with Gasteiger partial charge in [0.15, 0.2) is 0 Å². The summed E-state index contributed by atoms with van der Waals surface area (Å²) in [5.74, 6) is 2.71. The average Bonchev–Trinajstić information content (AvgIpc) is 3.11. The Balaban J connectivity index is 1.74. The molecule has 3 heterocycles. The third-order valence-electron chi connectivity index (χ3n) is 6.08. The number of morpholine rings is 1. The maximum Gasteiger partial charge on any atom is 0.146 e. The SMILES string of the molecule is COCCN(CCOC)c1nc(CN2CCOCC2)nc2sc3c(c12)CCC(C)C3. The molecule has 0 bridgehead atoms. The van der Waals surface area contributed by atoms with Crippen LogP contribution in [0.4, 0.5) is 5.82 Å². The highest BCUT2D eigenvalue weighted by Gasteiger charge is 2.26. The molecule has 0 saturated carbocycles. The number of thiophene rings is 1. The van der Waals surface area contributed by atoms with Gasteiger partial charge >= 0.3 is 0 Å². The number of fused-ring (bicyclic) bond motifs is 3. The van der Waals surface area contributed by atoms with Crippen molar-refractivity contribution in [2.75, 3.05) is 71.7 Å². The molecule has 0 aromatic carbocycles. The number of hydrogen-bond donors (Lipinski definition) is 0. The minimum absolute atomic E-state index is 0.664. The van der Waals surface area contributed by atoms with Crippen LogP contribution in [0.5, 0.6) is 0 Å². The van der Waals surface area contributed by atoms with E-state index in [0.717, 1.165) is 81.2 Å². The largest absolute Gasteiger partial charge is 0.383 e. The summed E-state index contributed by atoms with van der Waals surface area (Å²) < 4.78 is 16.3. The first-order valence-corrected chi connectivity index (χ1v) is 11.8. The molecule has 1 saturated heterocycles. The van der Waals surface area contributed by atoms with Gasteiger partial charge in [0.25, 0.3) is 0 Å². The number of hydrogen-bond acceptors (Lipinski definition) is 8. The molecule has 2 aliphatic rings. The van der Waals surface area contributed by atoms with Crippen LogP contribution in [0.25, 0.3) is 10.2 Å². The molecule has 0 spiro atoms. The van der Waals surface area contributed by atoms with E-state index in [-0.39, 0.29) is 0 Å². The van der Waals surface area contributed by atoms with E-state index in [2.05, 4.69) is 16.7 Å². The molecule has 1 aliphatic carbocycles. The van der Waals surface area contributed by atoms with Crippen molar-refractivity contribution in [3.05, 3.63) is 16.3 Å². The first-order chi connectivity index (χ1) is 14.7. The Morgan fingerprint density at radius 3 is 2.57 bits per heavy atom. The second-order valence-electron chi connectivity index (χ2n) is 8.36. The van der Waals surface area contributed by atoms with E-state index in [0.29, 0.717) is 13.2 Å². The first-order valence-electron chi connectivity index (χ1n) is 11.0. The fourth-order valence-corrected chi connectivity index (χ4v) is 5.75. The zero-order valence-corrected chi connectivity index (χ0v) is 19.3. The number of aryl methyl sites for hydroxylation is 1. The van der Waals surface area contributed by atoms with Crippen LogP contribution in [-0.4, -0.2) is 81.7 Å². The average molecular weight is 435 g/mol. The second-order valence-corrected chi connectivity index (χ2v) is 9.44. The summed E-state index contributed by atoms with van der Waals surface area (Å²) in [6, 6.07) is 0. The number of methoxy groups -OCH3 is 2. The van der Waals surface area contributed by atoms with E-state index >= 15 is 0 Å². The van der Waals surface area contributed by atoms with Crippen LogP contribution in [0.3, 0.4) is 0 Å². The highest BCUT2D eigenvalue weighted by molar-refractivity contribution is 7.19. The monoisotopic (exact) mass is 434 g/mol. The third kappa shape index (κ3) is 4.94. The van der Waals surface area contributed by atoms with Crippen molar-refractivity contribution in [1.82, 2.24) is 14.9 Å². The van der Waals surface area contributed by atoms with Gasteiger partial charge in [-0.25, -0.2) is 9.97 Å². The predicted octanol–water partition coefficient (Wildman–Crippen LogP) is 2.75. The molecule has 166 valence electrons. The normalized spacial score (nSPS) is 19.9. The van der Waals surface area contributed by atoms with Crippen molar-refractivity contribution in [2.24, 2.45) is 5.92 Å². The molecule has 2 aromatic heterocycles. The Bertz CT molecular complexity index is 829. The van der Waals surface area contributed by atoms with Gasteiger partial charge in [-0.05, 0) is 30.7 Å². The Morgan fingerprint density at radius 1 is 1.13 bits per heavy atom. The topological polar surface area (TPSA) is 60.0 Å². The maximum atomic E-state index is 5.51. The van der Waals surface area contributed by atoms with Gasteiger partial charge in [0, 0.05) is 45.3 Å². The molecule has 8 heteroatoms. The summed E-state index contributed by atoms with van der Waals surface area (Å²) >= 11 is 1.88. The molecule has 4 rings (SSSR count). The van der Waals surface area contributed by atoms with Crippen LogP contribution in [0.15, 0.2) is 0 Å². The zero-order valence-electron chi connectivity index (χ0n) is 18.5. The molecule has 7 nitrogen and oxygen atoms in total. The van der Waals surface area contributed by atoms with Crippen LogP contribution in [-0.2, 0) is 33.6 Å². The maximum absolute atomic E-state index is 5.51. The molecule has 1 fully saturated rings. The van der Waals surface area contributed by atoms with Gasteiger partial charge in [-0.1, -0.05) is 6.92 Å². The third-order valence-corrected chi connectivity index (χ3v) is 7.23. The molecule has 0 N–H and O–H groups in total. The van der Waals surface area contributed by atoms with E-state index in [9.17, 15) is 0 Å². The van der Waals surface area contributed by atoms with E-state index in [1.54, 1.807) is 14.2 Å². The molecule has 1 atom stereocenters. The standard InChI is InChI=1S/C22H34N4O3S/c1-16-4-5-17-18(14-16)30-22-20(17)21(26(8-10-27-2)9-11-28-3)23-19(24-22)15-25-6-12-29-13-7-25/h16H,4-15H2,1-3H3. The highest BCUT2D eigenvalue weighted by Crippen LogP contribution is 2.41. The molecular weight excluding hydrogens is 400 g/mol. The van der Waals surface area contributed by atoms with Crippen molar-refractivity contribution >= 4 is 27.4 Å². The van der Waals surface area contributed by atoms with Crippen molar-refractivity contribution in [2.45, 2.75) is 32.7 Å². The summed E-state index contributed by atoms with van der Waals surface area (Å²) in [6.45, 7) is 9.49. The van der Waals surface area contributed by atoms with Crippen LogP contribution in [0, 0.1) is 5.92 Å². The van der Waals surface area contributed by atoms with Gasteiger partial charge < -0.3 is 19.1 Å². The van der Waals surface area contributed by atoms with Crippen LogP contribution in [0.1, 0.15) is 29.6 Å². The van der Waals surface area contributed by atoms with Gasteiger partial charge in [-0.3, -0.25) is 4.90 Å². The summed E-state index contributed by atoms with van der Waals surface area (Å²) in [4.78, 5) is 17.5. The lowest BCUT2D eigenvalue weighted by Crippen LogP contribution is -2.36. The van der Waals surface area contributed by atoms with Crippen LogP contribution in [0.2, 0.25) is 0 Å². The molecule has 1 aliphatic heterocycles. The van der Waals surface area contributed by atoms with Gasteiger partial charge in [-0.2, -0.15) is 0 Å². The summed E-state index contributed by atoms with van der Waals surface area (Å²) in [7, 11) is 3.50. The smallest absolute Gasteiger partial charge is 0.146 e. The lowest BCUT2D eigenvalue weighted by Gasteiger charge is -2.28. The molecule has 0 radical (unpaired) electrons. The quantitative estimate of drug-likeness (QED) is 0.601. The number of aromatic nitrogens is 2. The van der Waals surface area contributed by atoms with Gasteiger partial charge in [0.2, 0.25) is 0 Å². The van der Waals surface area contributed by atoms with Crippen molar-refractivity contribution in [3.8, 4) is 0 Å². The Morgan fingerprint density at radius 2 is 1.87 bits per heavy atom. The number of nitrogens with zero attached hydrogens (tertiary/aromatic N) is 4. The lowest BCUT2D eigenvalue weighted by molar-refractivity contribution is 0.0331. The lowest BCUT2D eigenvalue weighted by atomic mass is 9.89. The van der Waals surface area contributed by atoms with Crippen LogP contribution >= 0.6 is 11.3 Å². The van der Waals surface area contributed by atoms with Gasteiger partial charge in [-0.15, -0.1) is 11.3 Å². The number of rotatable bonds is 9. The molecule has 1 unspecified atom stereocenters. The van der Waals surface area contributed by atoms with Gasteiger partial charge in [0.1, 0.15) is 16.5 Å². The fraction of sp³-hybridized carbons (Fsp3) is 0.727. The van der Waals surface area contributed by atoms with Crippen molar-refractivity contribution < 1.29 is 14.2 Å². The predicted molar refractivity (Wildman–Crippen MR) is 121 cm³/mol. The molecule has 30 heavy (non-hydrogen) atoms. The zero-order chi connectivity index (χ0) is 20.9. The van der Waals surface area contributed by atoms with E-state index in [1.807, 2.05) is 11.3 Å².